The van der Waals surface area contributed by atoms with Crippen LogP contribution in [0.15, 0.2) is 47.3 Å². The van der Waals surface area contributed by atoms with E-state index in [0.717, 1.165) is 30.5 Å². The molecule has 1 atom stereocenters. The maximum Gasteiger partial charge on any atom is 0.272 e. The zero-order valence-electron chi connectivity index (χ0n) is 17.0. The molecular formula is C23H24FN5O2. The Bertz CT molecular complexity index is 1180. The Hall–Kier alpha value is -3.10. The van der Waals surface area contributed by atoms with Gasteiger partial charge in [-0.15, -0.1) is 0 Å². The third-order valence-electron chi connectivity index (χ3n) is 6.11. The number of carbonyl (C=O) groups is 1. The average Bonchev–Trinajstić information content (AvgIpc) is 3.27. The molecule has 0 saturated carbocycles. The van der Waals surface area contributed by atoms with Gasteiger partial charge in [0.1, 0.15) is 5.82 Å². The van der Waals surface area contributed by atoms with Crippen LogP contribution in [-0.2, 0) is 6.42 Å². The summed E-state index contributed by atoms with van der Waals surface area (Å²) in [5.74, 6) is -0.814. The van der Waals surface area contributed by atoms with Crippen LogP contribution in [0.25, 0.3) is 10.8 Å². The molecule has 3 N–H and O–H groups in total. The largest absolute Gasteiger partial charge is 0.335 e. The fourth-order valence-electron chi connectivity index (χ4n) is 4.40. The summed E-state index contributed by atoms with van der Waals surface area (Å²) in [4.78, 5) is 26.5. The van der Waals surface area contributed by atoms with Crippen molar-refractivity contribution in [1.29, 1.82) is 0 Å². The van der Waals surface area contributed by atoms with E-state index in [0.29, 0.717) is 36.6 Å². The van der Waals surface area contributed by atoms with Gasteiger partial charge < -0.3 is 15.5 Å². The molecule has 160 valence electrons. The Kier molecular flexibility index (Phi) is 5.25. The summed E-state index contributed by atoms with van der Waals surface area (Å²) in [6.45, 7) is 3.15. The molecule has 0 bridgehead atoms. The molecule has 1 amide bonds. The molecule has 0 radical (unpaired) electrons. The maximum absolute atomic E-state index is 14.5. The van der Waals surface area contributed by atoms with Gasteiger partial charge in [-0.05, 0) is 36.7 Å². The number of fused-ring (bicyclic) bond motifs is 1. The van der Waals surface area contributed by atoms with Crippen molar-refractivity contribution in [1.82, 2.24) is 25.7 Å². The van der Waals surface area contributed by atoms with Gasteiger partial charge in [-0.1, -0.05) is 24.3 Å². The number of amides is 1. The summed E-state index contributed by atoms with van der Waals surface area (Å²) in [6.07, 6.45) is 1.48. The van der Waals surface area contributed by atoms with Crippen LogP contribution in [0.2, 0.25) is 0 Å². The standard InChI is InChI=1S/C23H24FN5O2/c24-20-6-5-14(10-21-17-3-1-2-4-18(17)22(30)28-27-21)9-19(20)23(31)29-12-16(13-29)26-15-7-8-25-11-15/h1-6,9,15-16,25-26H,7-8,10-13H2,(H,28,30)/t15-/m1/s1. The van der Waals surface area contributed by atoms with Crippen molar-refractivity contribution in [3.8, 4) is 0 Å². The van der Waals surface area contributed by atoms with Crippen molar-refractivity contribution in [3.63, 3.8) is 0 Å². The number of likely N-dealkylation sites (tertiary alicyclic amines) is 1. The van der Waals surface area contributed by atoms with Gasteiger partial charge in [0.05, 0.1) is 16.6 Å². The highest BCUT2D eigenvalue weighted by Crippen LogP contribution is 2.21. The molecule has 2 aliphatic heterocycles. The van der Waals surface area contributed by atoms with Crippen LogP contribution in [0.4, 0.5) is 4.39 Å². The van der Waals surface area contributed by atoms with E-state index in [1.165, 1.54) is 6.07 Å². The van der Waals surface area contributed by atoms with E-state index in [1.807, 2.05) is 12.1 Å². The van der Waals surface area contributed by atoms with Crippen molar-refractivity contribution >= 4 is 16.7 Å². The molecule has 5 rings (SSSR count). The Balaban J connectivity index is 1.31. The fraction of sp³-hybridized carbons (Fsp3) is 0.348. The zero-order chi connectivity index (χ0) is 21.4. The van der Waals surface area contributed by atoms with E-state index in [4.69, 9.17) is 0 Å². The number of rotatable bonds is 5. The second-order valence-electron chi connectivity index (χ2n) is 8.30. The minimum atomic E-state index is -0.524. The molecule has 0 spiro atoms. The van der Waals surface area contributed by atoms with Crippen LogP contribution in [0.3, 0.4) is 0 Å². The number of hydrogen-bond acceptors (Lipinski definition) is 5. The number of H-pyrrole nitrogens is 1. The molecule has 8 heteroatoms. The molecule has 31 heavy (non-hydrogen) atoms. The molecule has 1 aromatic heterocycles. The summed E-state index contributed by atoms with van der Waals surface area (Å²) in [5.41, 5.74) is 1.27. The average molecular weight is 421 g/mol. The molecule has 3 aromatic rings. The Morgan fingerprint density at radius 2 is 1.97 bits per heavy atom. The molecular weight excluding hydrogens is 397 g/mol. The first kappa shape index (κ1) is 19.8. The van der Waals surface area contributed by atoms with Crippen LogP contribution in [-0.4, -0.2) is 59.3 Å². The number of hydrogen-bond donors (Lipinski definition) is 3. The van der Waals surface area contributed by atoms with Crippen LogP contribution in [0.5, 0.6) is 0 Å². The maximum atomic E-state index is 14.5. The fourth-order valence-corrected chi connectivity index (χ4v) is 4.40. The van der Waals surface area contributed by atoms with Crippen LogP contribution >= 0.6 is 0 Å². The van der Waals surface area contributed by atoms with E-state index in [-0.39, 0.29) is 23.1 Å². The first-order valence-electron chi connectivity index (χ1n) is 10.6. The highest BCUT2D eigenvalue weighted by atomic mass is 19.1. The summed E-state index contributed by atoms with van der Waals surface area (Å²) < 4.78 is 14.5. The molecule has 7 nitrogen and oxygen atoms in total. The molecule has 2 saturated heterocycles. The second kappa shape index (κ2) is 8.20. The van der Waals surface area contributed by atoms with E-state index in [2.05, 4.69) is 20.8 Å². The van der Waals surface area contributed by atoms with Crippen molar-refractivity contribution in [2.75, 3.05) is 26.2 Å². The van der Waals surface area contributed by atoms with E-state index in [1.54, 1.807) is 29.2 Å². The number of halogens is 1. The Morgan fingerprint density at radius 3 is 2.74 bits per heavy atom. The third-order valence-corrected chi connectivity index (χ3v) is 6.11. The van der Waals surface area contributed by atoms with Gasteiger partial charge in [0.25, 0.3) is 11.5 Å². The summed E-state index contributed by atoms with van der Waals surface area (Å²) in [6, 6.07) is 12.5. The smallest absolute Gasteiger partial charge is 0.272 e. The normalized spacial score (nSPS) is 19.0. The molecule has 2 aliphatic rings. The monoisotopic (exact) mass is 421 g/mol. The summed E-state index contributed by atoms with van der Waals surface area (Å²) >= 11 is 0. The predicted molar refractivity (Wildman–Crippen MR) is 116 cm³/mol. The van der Waals surface area contributed by atoms with Gasteiger partial charge in [-0.2, -0.15) is 5.10 Å². The van der Waals surface area contributed by atoms with Gasteiger partial charge in [-0.25, -0.2) is 9.49 Å². The van der Waals surface area contributed by atoms with Crippen molar-refractivity contribution in [2.24, 2.45) is 0 Å². The lowest BCUT2D eigenvalue weighted by atomic mass is 10.0. The lowest BCUT2D eigenvalue weighted by Crippen LogP contribution is -2.62. The lowest BCUT2D eigenvalue weighted by molar-refractivity contribution is 0.0550. The highest BCUT2D eigenvalue weighted by Gasteiger charge is 2.34. The minimum Gasteiger partial charge on any atom is -0.335 e. The highest BCUT2D eigenvalue weighted by molar-refractivity contribution is 5.95. The van der Waals surface area contributed by atoms with Gasteiger partial charge in [0, 0.05) is 43.5 Å². The molecule has 2 fully saturated rings. The van der Waals surface area contributed by atoms with E-state index in [9.17, 15) is 14.0 Å². The topological polar surface area (TPSA) is 90.1 Å². The van der Waals surface area contributed by atoms with Crippen molar-refractivity contribution in [2.45, 2.75) is 24.9 Å². The second-order valence-corrected chi connectivity index (χ2v) is 8.30. The SMILES string of the molecule is O=C(c1cc(Cc2n[nH]c(=O)c3ccccc23)ccc1F)N1CC(N[C@@H]2CCNC2)C1. The van der Waals surface area contributed by atoms with Gasteiger partial charge in [-0.3, -0.25) is 9.59 Å². The van der Waals surface area contributed by atoms with Crippen LogP contribution in [0.1, 0.15) is 28.0 Å². The number of nitrogens with one attached hydrogen (secondary N) is 3. The molecule has 0 unspecified atom stereocenters. The Labute approximate surface area is 178 Å². The van der Waals surface area contributed by atoms with E-state index >= 15 is 0 Å². The zero-order valence-corrected chi connectivity index (χ0v) is 17.0. The first-order chi connectivity index (χ1) is 15.1. The summed E-state index contributed by atoms with van der Waals surface area (Å²) in [5, 5.41) is 14.9. The lowest BCUT2D eigenvalue weighted by Gasteiger charge is -2.41. The third kappa shape index (κ3) is 3.96. The first-order valence-corrected chi connectivity index (χ1v) is 10.6. The molecule has 2 aromatic carbocycles. The minimum absolute atomic E-state index is 0.0761. The predicted octanol–water partition coefficient (Wildman–Crippen LogP) is 1.43. The van der Waals surface area contributed by atoms with Crippen molar-refractivity contribution in [3.05, 3.63) is 75.5 Å². The van der Waals surface area contributed by atoms with E-state index < -0.39 is 5.82 Å². The molecule has 0 aliphatic carbocycles. The van der Waals surface area contributed by atoms with Crippen molar-refractivity contribution < 1.29 is 9.18 Å². The number of nitrogens with zero attached hydrogens (tertiary/aromatic N) is 2. The number of benzene rings is 2. The van der Waals surface area contributed by atoms with Gasteiger partial charge in [0.2, 0.25) is 0 Å². The Morgan fingerprint density at radius 1 is 1.16 bits per heavy atom. The number of aromatic nitrogens is 2. The van der Waals surface area contributed by atoms with Gasteiger partial charge >= 0.3 is 0 Å². The summed E-state index contributed by atoms with van der Waals surface area (Å²) in [7, 11) is 0. The van der Waals surface area contributed by atoms with Crippen LogP contribution in [0, 0.1) is 5.82 Å². The van der Waals surface area contributed by atoms with Crippen LogP contribution < -0.4 is 16.2 Å². The quantitative estimate of drug-likeness (QED) is 0.580. The van der Waals surface area contributed by atoms with Gasteiger partial charge in [0.15, 0.2) is 0 Å². The number of carbonyl (C=O) groups excluding carboxylic acids is 1. The molecule has 3 heterocycles. The number of aromatic amines is 1.